The lowest BCUT2D eigenvalue weighted by Crippen LogP contribution is -2.28. The molecule has 2 nitrogen and oxygen atoms in total. The SMILES string of the molecule is CN(CCC(N)c1cccc(F)c1)CC1CCCC1. The highest BCUT2D eigenvalue weighted by atomic mass is 19.1. The number of halogens is 1. The molecule has 2 rings (SSSR count). The molecule has 0 spiro atoms. The summed E-state index contributed by atoms with van der Waals surface area (Å²) >= 11 is 0. The van der Waals surface area contributed by atoms with Crippen LogP contribution in [-0.4, -0.2) is 25.0 Å². The van der Waals surface area contributed by atoms with E-state index in [9.17, 15) is 4.39 Å². The van der Waals surface area contributed by atoms with Crippen LogP contribution in [0.4, 0.5) is 4.39 Å². The van der Waals surface area contributed by atoms with Crippen molar-refractivity contribution in [2.45, 2.75) is 38.1 Å². The van der Waals surface area contributed by atoms with E-state index in [4.69, 9.17) is 5.73 Å². The summed E-state index contributed by atoms with van der Waals surface area (Å²) in [7, 11) is 2.16. The zero-order chi connectivity index (χ0) is 13.7. The first-order valence-electron chi connectivity index (χ1n) is 7.35. The summed E-state index contributed by atoms with van der Waals surface area (Å²) in [5.74, 6) is 0.669. The summed E-state index contributed by atoms with van der Waals surface area (Å²) in [6.45, 7) is 2.16. The average Bonchev–Trinajstić information content (AvgIpc) is 2.88. The molecule has 106 valence electrons. The topological polar surface area (TPSA) is 29.3 Å². The van der Waals surface area contributed by atoms with Gasteiger partial charge in [-0.2, -0.15) is 0 Å². The molecule has 1 atom stereocenters. The average molecular weight is 264 g/mol. The van der Waals surface area contributed by atoms with Crippen LogP contribution in [-0.2, 0) is 0 Å². The molecule has 0 bridgehead atoms. The molecule has 19 heavy (non-hydrogen) atoms. The van der Waals surface area contributed by atoms with E-state index in [0.29, 0.717) is 0 Å². The van der Waals surface area contributed by atoms with Gasteiger partial charge in [0.1, 0.15) is 5.82 Å². The predicted octanol–water partition coefficient (Wildman–Crippen LogP) is 3.34. The van der Waals surface area contributed by atoms with E-state index in [1.165, 1.54) is 38.3 Å². The molecule has 0 aromatic heterocycles. The molecular weight excluding hydrogens is 239 g/mol. The number of hydrogen-bond donors (Lipinski definition) is 1. The molecule has 2 N–H and O–H groups in total. The highest BCUT2D eigenvalue weighted by Gasteiger charge is 2.17. The third-order valence-electron chi connectivity index (χ3n) is 4.14. The number of rotatable bonds is 6. The van der Waals surface area contributed by atoms with Crippen LogP contribution in [0.15, 0.2) is 24.3 Å². The largest absolute Gasteiger partial charge is 0.324 e. The maximum Gasteiger partial charge on any atom is 0.123 e. The van der Waals surface area contributed by atoms with E-state index >= 15 is 0 Å². The maximum atomic E-state index is 13.1. The van der Waals surface area contributed by atoms with Gasteiger partial charge in [0.15, 0.2) is 0 Å². The number of benzene rings is 1. The number of hydrogen-bond acceptors (Lipinski definition) is 2. The Balaban J connectivity index is 1.74. The van der Waals surface area contributed by atoms with Crippen LogP contribution in [0.2, 0.25) is 0 Å². The lowest BCUT2D eigenvalue weighted by Gasteiger charge is -2.22. The van der Waals surface area contributed by atoms with Gasteiger partial charge in [0.05, 0.1) is 0 Å². The minimum atomic E-state index is -0.202. The fourth-order valence-electron chi connectivity index (χ4n) is 2.99. The van der Waals surface area contributed by atoms with Crippen LogP contribution in [0.3, 0.4) is 0 Å². The quantitative estimate of drug-likeness (QED) is 0.854. The van der Waals surface area contributed by atoms with Crippen LogP contribution >= 0.6 is 0 Å². The van der Waals surface area contributed by atoms with Gasteiger partial charge < -0.3 is 10.6 Å². The third kappa shape index (κ3) is 4.59. The second-order valence-corrected chi connectivity index (χ2v) is 5.86. The monoisotopic (exact) mass is 264 g/mol. The van der Waals surface area contributed by atoms with Gasteiger partial charge in [0.25, 0.3) is 0 Å². The fourth-order valence-corrected chi connectivity index (χ4v) is 2.99. The van der Waals surface area contributed by atoms with E-state index in [-0.39, 0.29) is 11.9 Å². The Morgan fingerprint density at radius 3 is 2.79 bits per heavy atom. The van der Waals surface area contributed by atoms with Crippen LogP contribution < -0.4 is 5.73 Å². The van der Waals surface area contributed by atoms with Gasteiger partial charge >= 0.3 is 0 Å². The first kappa shape index (κ1) is 14.5. The van der Waals surface area contributed by atoms with Crippen LogP contribution in [0, 0.1) is 11.7 Å². The molecule has 3 heteroatoms. The minimum absolute atomic E-state index is 0.0678. The second-order valence-electron chi connectivity index (χ2n) is 5.86. The Morgan fingerprint density at radius 1 is 1.37 bits per heavy atom. The van der Waals surface area contributed by atoms with Gasteiger partial charge in [0.2, 0.25) is 0 Å². The zero-order valence-corrected chi connectivity index (χ0v) is 11.8. The van der Waals surface area contributed by atoms with Crippen molar-refractivity contribution in [1.82, 2.24) is 4.90 Å². The highest BCUT2D eigenvalue weighted by molar-refractivity contribution is 5.19. The zero-order valence-electron chi connectivity index (χ0n) is 11.8. The van der Waals surface area contributed by atoms with Crippen molar-refractivity contribution in [3.8, 4) is 0 Å². The fraction of sp³-hybridized carbons (Fsp3) is 0.625. The first-order valence-corrected chi connectivity index (χ1v) is 7.35. The highest BCUT2D eigenvalue weighted by Crippen LogP contribution is 2.25. The summed E-state index contributed by atoms with van der Waals surface area (Å²) in [6, 6.07) is 6.57. The molecule has 1 unspecified atom stereocenters. The normalized spacial score (nSPS) is 18.1. The second kappa shape index (κ2) is 7.01. The standard InChI is InChI=1S/C16H25FN2/c1-19(12-13-5-2-3-6-13)10-9-16(18)14-7-4-8-15(17)11-14/h4,7-8,11,13,16H,2-3,5-6,9-10,12,18H2,1H3. The Kier molecular flexibility index (Phi) is 5.34. The Labute approximate surface area is 115 Å². The summed E-state index contributed by atoms with van der Waals surface area (Å²) < 4.78 is 13.1. The number of nitrogens with zero attached hydrogens (tertiary/aromatic N) is 1. The Morgan fingerprint density at radius 2 is 2.11 bits per heavy atom. The molecule has 0 saturated heterocycles. The lowest BCUT2D eigenvalue weighted by atomic mass is 10.0. The van der Waals surface area contributed by atoms with Crippen molar-refractivity contribution in [2.24, 2.45) is 11.7 Å². The van der Waals surface area contributed by atoms with Crippen molar-refractivity contribution in [3.63, 3.8) is 0 Å². The van der Waals surface area contributed by atoms with E-state index < -0.39 is 0 Å². The molecule has 0 amide bonds. The molecule has 1 fully saturated rings. The number of nitrogens with two attached hydrogens (primary N) is 1. The predicted molar refractivity (Wildman–Crippen MR) is 77.4 cm³/mol. The molecule has 1 aromatic rings. The van der Waals surface area contributed by atoms with E-state index in [1.54, 1.807) is 12.1 Å². The van der Waals surface area contributed by atoms with Crippen molar-refractivity contribution < 1.29 is 4.39 Å². The summed E-state index contributed by atoms with van der Waals surface area (Å²) in [5, 5.41) is 0. The van der Waals surface area contributed by atoms with Crippen molar-refractivity contribution in [2.75, 3.05) is 20.1 Å². The molecule has 0 radical (unpaired) electrons. The molecule has 0 heterocycles. The van der Waals surface area contributed by atoms with E-state index in [2.05, 4.69) is 11.9 Å². The maximum absolute atomic E-state index is 13.1. The van der Waals surface area contributed by atoms with E-state index in [0.717, 1.165) is 24.4 Å². The van der Waals surface area contributed by atoms with Crippen molar-refractivity contribution in [1.29, 1.82) is 0 Å². The van der Waals surface area contributed by atoms with Crippen LogP contribution in [0.25, 0.3) is 0 Å². The molecule has 1 saturated carbocycles. The molecule has 1 aliphatic carbocycles. The molecule has 0 aliphatic heterocycles. The smallest absolute Gasteiger partial charge is 0.123 e. The van der Waals surface area contributed by atoms with Crippen molar-refractivity contribution in [3.05, 3.63) is 35.6 Å². The summed E-state index contributed by atoms with van der Waals surface area (Å²) in [6.07, 6.45) is 6.41. The van der Waals surface area contributed by atoms with Gasteiger partial charge in [-0.15, -0.1) is 0 Å². The summed E-state index contributed by atoms with van der Waals surface area (Å²) in [4.78, 5) is 2.37. The van der Waals surface area contributed by atoms with Gasteiger partial charge in [-0.25, -0.2) is 4.39 Å². The van der Waals surface area contributed by atoms with Crippen molar-refractivity contribution >= 4 is 0 Å². The first-order chi connectivity index (χ1) is 9.15. The van der Waals surface area contributed by atoms with Gasteiger partial charge in [0, 0.05) is 12.6 Å². The minimum Gasteiger partial charge on any atom is -0.324 e. The van der Waals surface area contributed by atoms with Gasteiger partial charge in [-0.3, -0.25) is 0 Å². The Bertz CT molecular complexity index is 388. The molecule has 1 aliphatic rings. The lowest BCUT2D eigenvalue weighted by molar-refractivity contribution is 0.268. The van der Waals surface area contributed by atoms with Crippen LogP contribution in [0.5, 0.6) is 0 Å². The van der Waals surface area contributed by atoms with Gasteiger partial charge in [-0.05, 0) is 56.5 Å². The summed E-state index contributed by atoms with van der Waals surface area (Å²) in [5.41, 5.74) is 7.02. The third-order valence-corrected chi connectivity index (χ3v) is 4.14. The molecular formula is C16H25FN2. The van der Waals surface area contributed by atoms with E-state index in [1.807, 2.05) is 6.07 Å². The van der Waals surface area contributed by atoms with Crippen LogP contribution in [0.1, 0.15) is 43.7 Å². The van der Waals surface area contributed by atoms with Gasteiger partial charge in [-0.1, -0.05) is 25.0 Å². The Hall–Kier alpha value is -0.930. The molecule has 1 aromatic carbocycles.